The van der Waals surface area contributed by atoms with Gasteiger partial charge in [0.2, 0.25) is 5.91 Å². The van der Waals surface area contributed by atoms with Gasteiger partial charge in [-0.15, -0.1) is 0 Å². The smallest absolute Gasteiger partial charge is 0.306 e. The van der Waals surface area contributed by atoms with Crippen molar-refractivity contribution in [2.75, 3.05) is 19.7 Å². The molecule has 0 unspecified atom stereocenters. The Morgan fingerprint density at radius 2 is 1.75 bits per heavy atom. The van der Waals surface area contributed by atoms with Gasteiger partial charge in [-0.25, -0.2) is 0 Å². The topological polar surface area (TPSA) is 75.7 Å². The molecule has 0 aliphatic carbocycles. The number of likely N-dealkylation sites (tertiary alicyclic amines) is 1. The molecule has 6 heteroatoms. The number of piperidine rings is 1. The fourth-order valence-electron chi connectivity index (χ4n) is 3.56. The maximum absolute atomic E-state index is 13.0. The highest BCUT2D eigenvalue weighted by Gasteiger charge is 2.25. The van der Waals surface area contributed by atoms with Gasteiger partial charge in [-0.05, 0) is 36.6 Å². The first-order chi connectivity index (χ1) is 13.6. The first-order valence-corrected chi connectivity index (χ1v) is 9.80. The lowest BCUT2D eigenvalue weighted by Crippen LogP contribution is -2.46. The first-order valence-electron chi connectivity index (χ1n) is 9.80. The third kappa shape index (κ3) is 4.88. The number of amides is 2. The Hall–Kier alpha value is -2.89. The molecule has 1 heterocycles. The minimum Gasteiger partial charge on any atom is -0.466 e. The van der Waals surface area contributed by atoms with Crippen molar-refractivity contribution in [3.8, 4) is 0 Å². The highest BCUT2D eigenvalue weighted by molar-refractivity contribution is 6.07. The van der Waals surface area contributed by atoms with Gasteiger partial charge in [-0.1, -0.05) is 36.4 Å². The van der Waals surface area contributed by atoms with E-state index >= 15 is 0 Å². The zero-order valence-corrected chi connectivity index (χ0v) is 16.1. The number of carbonyl (C=O) groups excluding carboxylic acids is 3. The first kappa shape index (κ1) is 19.9. The summed E-state index contributed by atoms with van der Waals surface area (Å²) in [7, 11) is 0. The number of nitrogens with zero attached hydrogens (tertiary/aromatic N) is 1. The average Bonchev–Trinajstić information content (AvgIpc) is 2.72. The van der Waals surface area contributed by atoms with Gasteiger partial charge in [-0.2, -0.15) is 0 Å². The third-order valence-corrected chi connectivity index (χ3v) is 5.03. The minimum atomic E-state index is -0.354. The summed E-state index contributed by atoms with van der Waals surface area (Å²) in [6.07, 6.45) is 1.65. The highest BCUT2D eigenvalue weighted by Crippen LogP contribution is 2.22. The van der Waals surface area contributed by atoms with E-state index in [-0.39, 0.29) is 36.7 Å². The lowest BCUT2D eigenvalue weighted by molar-refractivity contribution is -0.144. The number of hydrogen-bond donors (Lipinski definition) is 1. The normalized spacial score (nSPS) is 14.7. The molecule has 1 fully saturated rings. The molecule has 0 bridgehead atoms. The van der Waals surface area contributed by atoms with Crippen LogP contribution in [-0.4, -0.2) is 48.4 Å². The number of carbonyl (C=O) groups is 3. The number of nitrogens with one attached hydrogen (secondary N) is 1. The van der Waals surface area contributed by atoms with E-state index < -0.39 is 0 Å². The van der Waals surface area contributed by atoms with Gasteiger partial charge >= 0.3 is 5.97 Å². The number of rotatable bonds is 6. The van der Waals surface area contributed by atoms with E-state index in [1.807, 2.05) is 47.4 Å². The second-order valence-corrected chi connectivity index (χ2v) is 6.97. The summed E-state index contributed by atoms with van der Waals surface area (Å²) in [6, 6.07) is 13.7. The maximum Gasteiger partial charge on any atom is 0.306 e. The lowest BCUT2D eigenvalue weighted by Gasteiger charge is -2.32. The van der Waals surface area contributed by atoms with Crippen molar-refractivity contribution in [3.63, 3.8) is 0 Å². The maximum atomic E-state index is 13.0. The molecule has 0 saturated carbocycles. The van der Waals surface area contributed by atoms with Crippen molar-refractivity contribution >= 4 is 28.6 Å². The molecule has 2 aromatic carbocycles. The zero-order chi connectivity index (χ0) is 19.9. The molecular formula is C22H26N2O4. The van der Waals surface area contributed by atoms with E-state index in [0.717, 1.165) is 16.3 Å². The van der Waals surface area contributed by atoms with Crippen LogP contribution in [0, 0.1) is 0 Å². The average molecular weight is 382 g/mol. The van der Waals surface area contributed by atoms with Crippen LogP contribution in [0.5, 0.6) is 0 Å². The summed E-state index contributed by atoms with van der Waals surface area (Å²) < 4.78 is 4.83. The summed E-state index contributed by atoms with van der Waals surface area (Å²) >= 11 is 0. The van der Waals surface area contributed by atoms with E-state index in [1.54, 1.807) is 6.92 Å². The number of fused-ring (bicyclic) bond motifs is 1. The van der Waals surface area contributed by atoms with Crippen LogP contribution in [0.2, 0.25) is 0 Å². The second kappa shape index (κ2) is 9.35. The monoisotopic (exact) mass is 382 g/mol. The van der Waals surface area contributed by atoms with Gasteiger partial charge in [0.1, 0.15) is 0 Å². The van der Waals surface area contributed by atoms with E-state index in [9.17, 15) is 14.4 Å². The van der Waals surface area contributed by atoms with Crippen molar-refractivity contribution < 1.29 is 19.1 Å². The summed E-state index contributed by atoms with van der Waals surface area (Å²) in [5.41, 5.74) is 0.718. The molecule has 2 aromatic rings. The summed E-state index contributed by atoms with van der Waals surface area (Å²) in [5, 5.41) is 4.98. The van der Waals surface area contributed by atoms with Crippen LogP contribution >= 0.6 is 0 Å². The molecule has 3 rings (SSSR count). The van der Waals surface area contributed by atoms with Crippen LogP contribution in [0.25, 0.3) is 10.8 Å². The van der Waals surface area contributed by atoms with Gasteiger partial charge in [-0.3, -0.25) is 14.4 Å². The second-order valence-electron chi connectivity index (χ2n) is 6.97. The van der Waals surface area contributed by atoms with Crippen molar-refractivity contribution in [1.82, 2.24) is 10.2 Å². The Morgan fingerprint density at radius 1 is 1.04 bits per heavy atom. The van der Waals surface area contributed by atoms with E-state index in [0.29, 0.717) is 32.5 Å². The van der Waals surface area contributed by atoms with Gasteiger partial charge in [0.05, 0.1) is 13.0 Å². The largest absolute Gasteiger partial charge is 0.466 e. The summed E-state index contributed by atoms with van der Waals surface area (Å²) in [4.78, 5) is 38.2. The molecule has 0 aromatic heterocycles. The van der Waals surface area contributed by atoms with Gasteiger partial charge in [0, 0.05) is 31.1 Å². The Bertz CT molecular complexity index is 851. The molecule has 1 aliphatic rings. The minimum absolute atomic E-state index is 0.0314. The fourth-order valence-corrected chi connectivity index (χ4v) is 3.56. The van der Waals surface area contributed by atoms with Crippen molar-refractivity contribution in [1.29, 1.82) is 0 Å². The SMILES string of the molecule is CCOC(=O)CCC(=O)NC1CCN(C(=O)c2cccc3ccccc23)CC1. The van der Waals surface area contributed by atoms with Gasteiger partial charge in [0.15, 0.2) is 0 Å². The predicted octanol–water partition coefficient (Wildman–Crippen LogP) is 2.90. The van der Waals surface area contributed by atoms with Gasteiger partial charge < -0.3 is 15.0 Å². The molecule has 148 valence electrons. The molecule has 0 radical (unpaired) electrons. The molecule has 0 spiro atoms. The quantitative estimate of drug-likeness (QED) is 0.780. The molecule has 6 nitrogen and oxygen atoms in total. The number of esters is 1. The van der Waals surface area contributed by atoms with Crippen LogP contribution < -0.4 is 5.32 Å². The van der Waals surface area contributed by atoms with E-state index in [2.05, 4.69) is 5.32 Å². The standard InChI is InChI=1S/C22H26N2O4/c1-2-28-21(26)11-10-20(25)23-17-12-14-24(15-13-17)22(27)19-9-5-7-16-6-3-4-8-18(16)19/h3-9,17H,2,10-15H2,1H3,(H,23,25). The molecular weight excluding hydrogens is 356 g/mol. The van der Waals surface area contributed by atoms with Crippen molar-refractivity contribution in [3.05, 3.63) is 48.0 Å². The fraction of sp³-hybridized carbons (Fsp3) is 0.409. The van der Waals surface area contributed by atoms with E-state index in [4.69, 9.17) is 4.74 Å². The summed E-state index contributed by atoms with van der Waals surface area (Å²) in [6.45, 7) is 3.27. The molecule has 1 aliphatic heterocycles. The molecule has 1 saturated heterocycles. The lowest BCUT2D eigenvalue weighted by atomic mass is 10.0. The van der Waals surface area contributed by atoms with Crippen LogP contribution in [0.15, 0.2) is 42.5 Å². The molecule has 1 N–H and O–H groups in total. The van der Waals surface area contributed by atoms with Crippen LogP contribution in [-0.2, 0) is 14.3 Å². The molecule has 2 amide bonds. The predicted molar refractivity (Wildman–Crippen MR) is 107 cm³/mol. The van der Waals surface area contributed by atoms with Crippen LogP contribution in [0.4, 0.5) is 0 Å². The highest BCUT2D eigenvalue weighted by atomic mass is 16.5. The summed E-state index contributed by atoms with van der Waals surface area (Å²) in [5.74, 6) is -0.469. The molecule has 28 heavy (non-hydrogen) atoms. The Labute approximate surface area is 164 Å². The third-order valence-electron chi connectivity index (χ3n) is 5.03. The Morgan fingerprint density at radius 3 is 2.50 bits per heavy atom. The van der Waals surface area contributed by atoms with Crippen LogP contribution in [0.3, 0.4) is 0 Å². The Balaban J connectivity index is 1.51. The van der Waals surface area contributed by atoms with Crippen molar-refractivity contribution in [2.45, 2.75) is 38.6 Å². The molecule has 0 atom stereocenters. The zero-order valence-electron chi connectivity index (χ0n) is 16.1. The van der Waals surface area contributed by atoms with E-state index in [1.165, 1.54) is 0 Å². The van der Waals surface area contributed by atoms with Gasteiger partial charge in [0.25, 0.3) is 5.91 Å². The van der Waals surface area contributed by atoms with Crippen molar-refractivity contribution in [2.24, 2.45) is 0 Å². The number of hydrogen-bond acceptors (Lipinski definition) is 4. The number of benzene rings is 2. The number of ether oxygens (including phenoxy) is 1. The Kier molecular flexibility index (Phi) is 6.63. The van der Waals surface area contributed by atoms with Crippen LogP contribution in [0.1, 0.15) is 43.0 Å².